The van der Waals surface area contributed by atoms with Crippen LogP contribution in [0.3, 0.4) is 0 Å². The Bertz CT molecular complexity index is 410. The maximum Gasteiger partial charge on any atom is 0.153 e. The van der Waals surface area contributed by atoms with Crippen molar-refractivity contribution in [2.75, 3.05) is 14.2 Å². The minimum absolute atomic E-state index is 0.583. The molecule has 3 nitrogen and oxygen atoms in total. The van der Waals surface area contributed by atoms with Gasteiger partial charge in [-0.1, -0.05) is 0 Å². The summed E-state index contributed by atoms with van der Waals surface area (Å²) in [6.07, 6.45) is 5.13. The molecule has 0 fully saturated rings. The Kier molecular flexibility index (Phi) is 3.13. The fraction of sp³-hybridized carbons (Fsp3) is 0.462. The maximum absolute atomic E-state index is 11.0. The van der Waals surface area contributed by atoms with Gasteiger partial charge < -0.3 is 9.47 Å². The molecule has 0 aromatic heterocycles. The Labute approximate surface area is 95.4 Å². The Morgan fingerprint density at radius 3 is 2.38 bits per heavy atom. The number of ether oxygens (including phenoxy) is 2. The monoisotopic (exact) mass is 220 g/mol. The number of rotatable bonds is 3. The highest BCUT2D eigenvalue weighted by Crippen LogP contribution is 2.38. The van der Waals surface area contributed by atoms with Crippen molar-refractivity contribution in [3.05, 3.63) is 22.8 Å². The van der Waals surface area contributed by atoms with Crippen LogP contribution in [-0.4, -0.2) is 20.5 Å². The lowest BCUT2D eigenvalue weighted by Crippen LogP contribution is -2.09. The minimum atomic E-state index is 0.583. The molecule has 1 aromatic rings. The van der Waals surface area contributed by atoms with Gasteiger partial charge in [0, 0.05) is 11.1 Å². The number of hydrogen-bond acceptors (Lipinski definition) is 3. The first-order chi connectivity index (χ1) is 7.81. The summed E-state index contributed by atoms with van der Waals surface area (Å²) >= 11 is 0. The molecule has 0 radical (unpaired) electrons. The van der Waals surface area contributed by atoms with Crippen molar-refractivity contribution in [2.45, 2.75) is 25.7 Å². The summed E-state index contributed by atoms with van der Waals surface area (Å²) in [6.45, 7) is 0. The van der Waals surface area contributed by atoms with Gasteiger partial charge in [-0.15, -0.1) is 0 Å². The fourth-order valence-electron chi connectivity index (χ4n) is 2.41. The second kappa shape index (κ2) is 4.56. The van der Waals surface area contributed by atoms with Crippen LogP contribution in [0.4, 0.5) is 0 Å². The van der Waals surface area contributed by atoms with Gasteiger partial charge in [0.05, 0.1) is 19.8 Å². The average Bonchev–Trinajstić information content (AvgIpc) is 2.36. The summed E-state index contributed by atoms with van der Waals surface area (Å²) in [6, 6.07) is 1.77. The highest BCUT2D eigenvalue weighted by atomic mass is 16.5. The van der Waals surface area contributed by atoms with Gasteiger partial charge in [-0.2, -0.15) is 0 Å². The quantitative estimate of drug-likeness (QED) is 0.734. The number of methoxy groups -OCH3 is 2. The molecule has 1 aromatic carbocycles. The molecule has 0 N–H and O–H groups in total. The maximum atomic E-state index is 11.0. The van der Waals surface area contributed by atoms with E-state index in [-0.39, 0.29) is 0 Å². The van der Waals surface area contributed by atoms with Crippen LogP contribution < -0.4 is 9.47 Å². The van der Waals surface area contributed by atoms with E-state index in [0.29, 0.717) is 5.56 Å². The second-order valence-electron chi connectivity index (χ2n) is 3.98. The highest BCUT2D eigenvalue weighted by Gasteiger charge is 2.21. The van der Waals surface area contributed by atoms with Crippen molar-refractivity contribution >= 4 is 6.29 Å². The smallest absolute Gasteiger partial charge is 0.153 e. The molecule has 0 saturated heterocycles. The van der Waals surface area contributed by atoms with Gasteiger partial charge in [-0.3, -0.25) is 4.79 Å². The number of carbonyl (C=O) groups excluding carboxylic acids is 1. The molecule has 0 spiro atoms. The molecule has 0 heterocycles. The van der Waals surface area contributed by atoms with Crippen LogP contribution in [0.15, 0.2) is 6.07 Å². The van der Waals surface area contributed by atoms with Crippen LogP contribution in [0.2, 0.25) is 0 Å². The summed E-state index contributed by atoms with van der Waals surface area (Å²) in [4.78, 5) is 11.0. The van der Waals surface area contributed by atoms with Gasteiger partial charge in [0.25, 0.3) is 0 Å². The molecular weight excluding hydrogens is 204 g/mol. The van der Waals surface area contributed by atoms with Gasteiger partial charge in [0.1, 0.15) is 11.5 Å². The van der Waals surface area contributed by atoms with Crippen molar-refractivity contribution in [1.82, 2.24) is 0 Å². The Morgan fingerprint density at radius 2 is 1.81 bits per heavy atom. The standard InChI is InChI=1S/C13H16O3/c1-15-12-7-9(8-14)13(16-2)11-6-4-3-5-10(11)12/h7-8H,3-6H2,1-2H3. The number of aldehydes is 1. The van der Waals surface area contributed by atoms with Crippen LogP contribution in [0.25, 0.3) is 0 Å². The largest absolute Gasteiger partial charge is 0.496 e. The Balaban J connectivity index is 2.64. The van der Waals surface area contributed by atoms with Gasteiger partial charge >= 0.3 is 0 Å². The second-order valence-corrected chi connectivity index (χ2v) is 3.98. The lowest BCUT2D eigenvalue weighted by Gasteiger charge is -2.22. The van der Waals surface area contributed by atoms with E-state index < -0.39 is 0 Å². The van der Waals surface area contributed by atoms with Crippen molar-refractivity contribution in [3.8, 4) is 11.5 Å². The van der Waals surface area contributed by atoms with E-state index in [1.165, 1.54) is 12.0 Å². The third kappa shape index (κ3) is 1.66. The van der Waals surface area contributed by atoms with Crippen LogP contribution in [0.1, 0.15) is 34.3 Å². The summed E-state index contributed by atoms with van der Waals surface area (Å²) in [7, 11) is 3.26. The first-order valence-electron chi connectivity index (χ1n) is 5.53. The molecule has 0 bridgehead atoms. The number of hydrogen-bond donors (Lipinski definition) is 0. The number of fused-ring (bicyclic) bond motifs is 1. The van der Waals surface area contributed by atoms with E-state index >= 15 is 0 Å². The highest BCUT2D eigenvalue weighted by molar-refractivity contribution is 5.82. The zero-order valence-electron chi connectivity index (χ0n) is 9.71. The molecule has 86 valence electrons. The van der Waals surface area contributed by atoms with Crippen LogP contribution >= 0.6 is 0 Å². The van der Waals surface area contributed by atoms with E-state index in [1.54, 1.807) is 20.3 Å². The fourth-order valence-corrected chi connectivity index (χ4v) is 2.41. The minimum Gasteiger partial charge on any atom is -0.496 e. The van der Waals surface area contributed by atoms with Crippen molar-refractivity contribution < 1.29 is 14.3 Å². The first-order valence-corrected chi connectivity index (χ1v) is 5.53. The van der Waals surface area contributed by atoms with Crippen LogP contribution in [0.5, 0.6) is 11.5 Å². The van der Waals surface area contributed by atoms with Crippen LogP contribution in [0, 0.1) is 0 Å². The van der Waals surface area contributed by atoms with E-state index in [0.717, 1.165) is 42.6 Å². The molecule has 16 heavy (non-hydrogen) atoms. The molecular formula is C13H16O3. The lowest BCUT2D eigenvalue weighted by molar-refractivity contribution is 0.112. The molecule has 2 rings (SSSR count). The predicted octanol–water partition coefficient (Wildman–Crippen LogP) is 2.40. The van der Waals surface area contributed by atoms with E-state index in [4.69, 9.17) is 9.47 Å². The Hall–Kier alpha value is -1.51. The number of benzene rings is 1. The molecule has 1 aliphatic rings. The summed E-state index contributed by atoms with van der Waals surface area (Å²) in [5.41, 5.74) is 2.94. The van der Waals surface area contributed by atoms with Crippen LogP contribution in [-0.2, 0) is 12.8 Å². The molecule has 0 unspecified atom stereocenters. The van der Waals surface area contributed by atoms with Gasteiger partial charge in [-0.05, 0) is 31.7 Å². The summed E-state index contributed by atoms with van der Waals surface area (Å²) in [5, 5.41) is 0. The normalized spacial score (nSPS) is 14.1. The SMILES string of the molecule is COc1cc(C=O)c(OC)c2c1CCCC2. The summed E-state index contributed by atoms with van der Waals surface area (Å²) < 4.78 is 10.7. The Morgan fingerprint density at radius 1 is 1.12 bits per heavy atom. The zero-order chi connectivity index (χ0) is 11.5. The van der Waals surface area contributed by atoms with E-state index in [2.05, 4.69) is 0 Å². The first kappa shape index (κ1) is 11.0. The van der Waals surface area contributed by atoms with Gasteiger partial charge in [0.15, 0.2) is 6.29 Å². The van der Waals surface area contributed by atoms with Gasteiger partial charge in [-0.25, -0.2) is 0 Å². The van der Waals surface area contributed by atoms with Gasteiger partial charge in [0.2, 0.25) is 0 Å². The third-order valence-electron chi connectivity index (χ3n) is 3.14. The topological polar surface area (TPSA) is 35.5 Å². The van der Waals surface area contributed by atoms with E-state index in [9.17, 15) is 4.79 Å². The predicted molar refractivity (Wildman–Crippen MR) is 61.6 cm³/mol. The molecule has 0 amide bonds. The third-order valence-corrected chi connectivity index (χ3v) is 3.14. The summed E-state index contributed by atoms with van der Waals surface area (Å²) in [5.74, 6) is 1.54. The average molecular weight is 220 g/mol. The molecule has 1 aliphatic carbocycles. The van der Waals surface area contributed by atoms with Crippen molar-refractivity contribution in [1.29, 1.82) is 0 Å². The zero-order valence-corrected chi connectivity index (χ0v) is 9.71. The van der Waals surface area contributed by atoms with E-state index in [1.807, 2.05) is 0 Å². The molecule has 3 heteroatoms. The molecule has 0 saturated carbocycles. The van der Waals surface area contributed by atoms with Crippen molar-refractivity contribution in [3.63, 3.8) is 0 Å². The lowest BCUT2D eigenvalue weighted by atomic mass is 9.88. The number of carbonyl (C=O) groups is 1. The van der Waals surface area contributed by atoms with Crippen molar-refractivity contribution in [2.24, 2.45) is 0 Å². The molecule has 0 atom stereocenters. The molecule has 0 aliphatic heterocycles.